The predicted octanol–water partition coefficient (Wildman–Crippen LogP) is 5.24. The van der Waals surface area contributed by atoms with E-state index in [1.54, 1.807) is 36.5 Å². The normalized spacial score (nSPS) is 11.7. The van der Waals surface area contributed by atoms with Crippen LogP contribution in [0.3, 0.4) is 0 Å². The van der Waals surface area contributed by atoms with Crippen molar-refractivity contribution in [3.05, 3.63) is 58.1 Å². The van der Waals surface area contributed by atoms with Crippen LogP contribution in [0.4, 0.5) is 0 Å². The van der Waals surface area contributed by atoms with Gasteiger partial charge in [0.1, 0.15) is 0 Å². The molecular formula is C17H13Cl2N3OS2. The minimum atomic E-state index is -0.191. The number of hydrogen-bond donors (Lipinski definition) is 1. The minimum Gasteiger partial charge on any atom is -0.272 e. The number of nitrogens with one attached hydrogen (secondary N) is 1. The molecule has 8 heteroatoms. The maximum atomic E-state index is 12.0. The number of aromatic nitrogens is 1. The van der Waals surface area contributed by atoms with Gasteiger partial charge in [-0.15, -0.1) is 11.3 Å². The number of carbonyl (C=O) groups excluding carboxylic acids is 1. The van der Waals surface area contributed by atoms with Crippen molar-refractivity contribution in [2.24, 2.45) is 5.10 Å². The Morgan fingerprint density at radius 2 is 2.04 bits per heavy atom. The van der Waals surface area contributed by atoms with Crippen molar-refractivity contribution in [2.45, 2.75) is 11.3 Å². The second-order valence-corrected chi connectivity index (χ2v) is 8.16. The highest BCUT2D eigenvalue weighted by atomic mass is 35.5. The summed E-state index contributed by atoms with van der Waals surface area (Å²) in [6.07, 6.45) is 0. The molecule has 0 spiro atoms. The van der Waals surface area contributed by atoms with Crippen LogP contribution < -0.4 is 5.43 Å². The van der Waals surface area contributed by atoms with E-state index in [0.29, 0.717) is 15.8 Å². The highest BCUT2D eigenvalue weighted by Crippen LogP contribution is 2.29. The molecule has 0 unspecified atom stereocenters. The van der Waals surface area contributed by atoms with E-state index in [4.69, 9.17) is 23.2 Å². The molecule has 3 rings (SSSR count). The molecule has 0 saturated heterocycles. The Kier molecular flexibility index (Phi) is 5.96. The number of hydrazone groups is 1. The van der Waals surface area contributed by atoms with Crippen LogP contribution in [0.1, 0.15) is 12.5 Å². The first kappa shape index (κ1) is 18.2. The van der Waals surface area contributed by atoms with Crippen molar-refractivity contribution in [2.75, 3.05) is 5.75 Å². The van der Waals surface area contributed by atoms with Gasteiger partial charge in [-0.05, 0) is 36.8 Å². The Morgan fingerprint density at radius 1 is 1.24 bits per heavy atom. The van der Waals surface area contributed by atoms with Gasteiger partial charge in [0.25, 0.3) is 5.91 Å². The first-order valence-electron chi connectivity index (χ1n) is 7.30. The number of benzene rings is 2. The lowest BCUT2D eigenvalue weighted by Crippen LogP contribution is -2.21. The van der Waals surface area contributed by atoms with Gasteiger partial charge in [0.2, 0.25) is 0 Å². The fraction of sp³-hybridized carbons (Fsp3) is 0.118. The summed E-state index contributed by atoms with van der Waals surface area (Å²) in [5.41, 5.74) is 4.95. The summed E-state index contributed by atoms with van der Waals surface area (Å²) < 4.78 is 1.97. The summed E-state index contributed by atoms with van der Waals surface area (Å²) in [5, 5.41) is 5.04. The second-order valence-electron chi connectivity index (χ2n) is 5.10. The molecule has 0 aliphatic carbocycles. The zero-order valence-electron chi connectivity index (χ0n) is 13.1. The number of thioether (sulfide) groups is 1. The molecule has 0 atom stereocenters. The molecule has 1 N–H and O–H groups in total. The van der Waals surface area contributed by atoms with Crippen molar-refractivity contribution < 1.29 is 4.79 Å². The summed E-state index contributed by atoms with van der Waals surface area (Å²) >= 11 is 14.8. The Hall–Kier alpha value is -1.60. The van der Waals surface area contributed by atoms with Gasteiger partial charge < -0.3 is 0 Å². The molecule has 1 aromatic heterocycles. The van der Waals surface area contributed by atoms with E-state index in [-0.39, 0.29) is 11.7 Å². The van der Waals surface area contributed by atoms with Crippen molar-refractivity contribution in [1.82, 2.24) is 10.4 Å². The molecule has 128 valence electrons. The lowest BCUT2D eigenvalue weighted by atomic mass is 10.1. The third kappa shape index (κ3) is 4.73. The molecule has 0 bridgehead atoms. The van der Waals surface area contributed by atoms with Crippen molar-refractivity contribution in [3.63, 3.8) is 0 Å². The van der Waals surface area contributed by atoms with Gasteiger partial charge in [0.05, 0.1) is 31.7 Å². The van der Waals surface area contributed by atoms with Crippen molar-refractivity contribution in [3.8, 4) is 0 Å². The third-order valence-corrected chi connectivity index (χ3v) is 6.21. The number of thiazole rings is 1. The average molecular weight is 410 g/mol. The quantitative estimate of drug-likeness (QED) is 0.356. The molecule has 4 nitrogen and oxygen atoms in total. The molecule has 1 amide bonds. The minimum absolute atomic E-state index is 0.191. The molecule has 3 aromatic rings. The number of nitrogens with zero attached hydrogens (tertiary/aromatic N) is 2. The lowest BCUT2D eigenvalue weighted by molar-refractivity contribution is -0.118. The van der Waals surface area contributed by atoms with E-state index in [2.05, 4.69) is 15.5 Å². The third-order valence-electron chi connectivity index (χ3n) is 3.29. The van der Waals surface area contributed by atoms with E-state index >= 15 is 0 Å². The number of fused-ring (bicyclic) bond motifs is 1. The SMILES string of the molecule is C/C(=N\NC(=O)CSc1nc2ccccc2s1)c1ccc(Cl)c(Cl)c1. The van der Waals surface area contributed by atoms with Gasteiger partial charge in [-0.25, -0.2) is 10.4 Å². The van der Waals surface area contributed by atoms with Gasteiger partial charge in [0, 0.05) is 0 Å². The van der Waals surface area contributed by atoms with Crippen LogP contribution in [0.15, 0.2) is 51.9 Å². The zero-order valence-corrected chi connectivity index (χ0v) is 16.3. The molecule has 25 heavy (non-hydrogen) atoms. The van der Waals surface area contributed by atoms with Gasteiger partial charge in [-0.3, -0.25) is 4.79 Å². The van der Waals surface area contributed by atoms with Gasteiger partial charge in [0.15, 0.2) is 4.34 Å². The molecule has 1 heterocycles. The van der Waals surface area contributed by atoms with E-state index in [1.807, 2.05) is 24.3 Å². The fourth-order valence-electron chi connectivity index (χ4n) is 2.00. The van der Waals surface area contributed by atoms with E-state index in [9.17, 15) is 4.79 Å². The van der Waals surface area contributed by atoms with Crippen LogP contribution >= 0.6 is 46.3 Å². The van der Waals surface area contributed by atoms with Gasteiger partial charge in [-0.1, -0.05) is 53.2 Å². The number of amides is 1. The summed E-state index contributed by atoms with van der Waals surface area (Å²) in [4.78, 5) is 16.5. The summed E-state index contributed by atoms with van der Waals surface area (Å²) in [6.45, 7) is 1.79. The van der Waals surface area contributed by atoms with E-state index < -0.39 is 0 Å². The van der Waals surface area contributed by atoms with E-state index in [1.165, 1.54) is 11.8 Å². The molecule has 0 aliphatic rings. The summed E-state index contributed by atoms with van der Waals surface area (Å²) in [7, 11) is 0. The zero-order chi connectivity index (χ0) is 17.8. The van der Waals surface area contributed by atoms with Gasteiger partial charge >= 0.3 is 0 Å². The average Bonchev–Trinajstić information content (AvgIpc) is 3.03. The number of rotatable bonds is 5. The Balaban J connectivity index is 1.57. The van der Waals surface area contributed by atoms with Crippen LogP contribution in [0.25, 0.3) is 10.2 Å². The highest BCUT2D eigenvalue weighted by molar-refractivity contribution is 8.01. The maximum Gasteiger partial charge on any atom is 0.250 e. The molecule has 0 aliphatic heterocycles. The Bertz CT molecular complexity index is 923. The number of halogens is 2. The van der Waals surface area contributed by atoms with Crippen molar-refractivity contribution in [1.29, 1.82) is 0 Å². The first-order chi connectivity index (χ1) is 12.0. The number of para-hydroxylation sites is 1. The van der Waals surface area contributed by atoms with Crippen LogP contribution in [-0.4, -0.2) is 22.4 Å². The fourth-order valence-corrected chi connectivity index (χ4v) is 4.16. The van der Waals surface area contributed by atoms with Gasteiger partial charge in [-0.2, -0.15) is 5.10 Å². The summed E-state index contributed by atoms with van der Waals surface area (Å²) in [6, 6.07) is 13.1. The monoisotopic (exact) mass is 409 g/mol. The van der Waals surface area contributed by atoms with Crippen LogP contribution in [0.5, 0.6) is 0 Å². The maximum absolute atomic E-state index is 12.0. The highest BCUT2D eigenvalue weighted by Gasteiger charge is 2.08. The Morgan fingerprint density at radius 3 is 2.80 bits per heavy atom. The largest absolute Gasteiger partial charge is 0.272 e. The molecule has 0 saturated carbocycles. The molecule has 0 fully saturated rings. The van der Waals surface area contributed by atoms with E-state index in [0.717, 1.165) is 20.1 Å². The van der Waals surface area contributed by atoms with Crippen LogP contribution in [0.2, 0.25) is 10.0 Å². The first-order valence-corrected chi connectivity index (χ1v) is 9.85. The summed E-state index contributed by atoms with van der Waals surface area (Å²) in [5.74, 6) is 0.0569. The standard InChI is InChI=1S/C17H13Cl2N3OS2/c1-10(11-6-7-12(18)13(19)8-11)21-22-16(23)9-24-17-20-14-4-2-3-5-15(14)25-17/h2-8H,9H2,1H3,(H,22,23)/b21-10+. The topological polar surface area (TPSA) is 54.4 Å². The number of carbonyl (C=O) groups is 1. The van der Waals surface area contributed by atoms with Crippen LogP contribution in [-0.2, 0) is 4.79 Å². The van der Waals surface area contributed by atoms with Crippen LogP contribution in [0, 0.1) is 0 Å². The molecule has 2 aromatic carbocycles. The lowest BCUT2D eigenvalue weighted by Gasteiger charge is -2.04. The predicted molar refractivity (Wildman–Crippen MR) is 107 cm³/mol. The van der Waals surface area contributed by atoms with Crippen molar-refractivity contribution >= 4 is 68.1 Å². The Labute approximate surface area is 163 Å². The molecule has 0 radical (unpaired) electrons. The smallest absolute Gasteiger partial charge is 0.250 e. The molecular weight excluding hydrogens is 397 g/mol. The number of hydrogen-bond acceptors (Lipinski definition) is 5. The second kappa shape index (κ2) is 8.19.